The Bertz CT molecular complexity index is 1700. The third kappa shape index (κ3) is 6.28. The molecule has 1 aliphatic carbocycles. The Balaban J connectivity index is 0.948. The Morgan fingerprint density at radius 1 is 0.915 bits per heavy atom. The minimum absolute atomic E-state index is 0.147. The van der Waals surface area contributed by atoms with Gasteiger partial charge in [0.2, 0.25) is 15.7 Å². The normalized spacial score (nSPS) is 23.3. The summed E-state index contributed by atoms with van der Waals surface area (Å²) < 4.78 is 26.6. The lowest BCUT2D eigenvalue weighted by Gasteiger charge is -2.54. The summed E-state index contributed by atoms with van der Waals surface area (Å²) >= 11 is 0. The van der Waals surface area contributed by atoms with Crippen molar-refractivity contribution in [2.75, 3.05) is 56.5 Å². The topological polar surface area (TPSA) is 73.0 Å². The van der Waals surface area contributed by atoms with Crippen LogP contribution in [0.5, 0.6) is 0 Å². The fourth-order valence-electron chi connectivity index (χ4n) is 9.26. The summed E-state index contributed by atoms with van der Waals surface area (Å²) in [5.41, 5.74) is 5.00. The van der Waals surface area contributed by atoms with Crippen LogP contribution in [0, 0.1) is 17.8 Å². The molecule has 4 aliphatic rings. The second-order valence-electron chi connectivity index (χ2n) is 14.4. The molecule has 3 fully saturated rings. The molecule has 0 radical (unpaired) electrons. The standard InChI is InChI=1S/C39H48N4O3S/c1-3-38(44)40-33-12-8-13-36(23-33)47(45,46)35-17-15-34(16-18-35)43-25-29(26-43)24-42-21-19-32(20-22-42)39(31-10-5-6-11-31)28-41(2)27-30-9-4-7-14-37(30)39/h3-4,7-9,12-18,23,29,31-32H,1,5-6,10-11,19-22,24-28H2,2H3,(H,40,44)/t39-/m0/s1. The second-order valence-corrected chi connectivity index (χ2v) is 16.4. The van der Waals surface area contributed by atoms with Crippen LogP contribution in [0.4, 0.5) is 11.4 Å². The summed E-state index contributed by atoms with van der Waals surface area (Å²) in [6.45, 7) is 11.2. The minimum atomic E-state index is -3.71. The maximum Gasteiger partial charge on any atom is 0.247 e. The van der Waals surface area contributed by atoms with E-state index in [-0.39, 0.29) is 15.7 Å². The van der Waals surface area contributed by atoms with Gasteiger partial charge in [-0.2, -0.15) is 0 Å². The first-order valence-corrected chi connectivity index (χ1v) is 18.9. The summed E-state index contributed by atoms with van der Waals surface area (Å²) in [7, 11) is -1.38. The van der Waals surface area contributed by atoms with Crippen molar-refractivity contribution >= 4 is 27.1 Å². The van der Waals surface area contributed by atoms with E-state index in [2.05, 4.69) is 57.9 Å². The molecule has 3 aliphatic heterocycles. The zero-order chi connectivity index (χ0) is 32.6. The van der Waals surface area contributed by atoms with Gasteiger partial charge in [0.05, 0.1) is 9.79 Å². The quantitative estimate of drug-likeness (QED) is 0.271. The number of carbonyl (C=O) groups is 1. The van der Waals surface area contributed by atoms with Gasteiger partial charge in [0.1, 0.15) is 0 Å². The van der Waals surface area contributed by atoms with Crippen LogP contribution < -0.4 is 10.2 Å². The smallest absolute Gasteiger partial charge is 0.247 e. The lowest BCUT2D eigenvalue weighted by atomic mass is 9.57. The molecule has 8 heteroatoms. The first-order chi connectivity index (χ1) is 22.8. The predicted molar refractivity (Wildman–Crippen MR) is 188 cm³/mol. The fourth-order valence-corrected chi connectivity index (χ4v) is 10.6. The number of likely N-dealkylation sites (tertiary alicyclic amines) is 1. The van der Waals surface area contributed by atoms with E-state index in [1.54, 1.807) is 41.5 Å². The Morgan fingerprint density at radius 2 is 1.62 bits per heavy atom. The van der Waals surface area contributed by atoms with Crippen molar-refractivity contribution in [3.05, 3.63) is 96.6 Å². The van der Waals surface area contributed by atoms with Gasteiger partial charge in [-0.3, -0.25) is 4.79 Å². The molecule has 47 heavy (non-hydrogen) atoms. The highest BCUT2D eigenvalue weighted by molar-refractivity contribution is 7.91. The van der Waals surface area contributed by atoms with Crippen molar-refractivity contribution in [2.45, 2.75) is 60.3 Å². The van der Waals surface area contributed by atoms with E-state index in [0.29, 0.717) is 17.0 Å². The van der Waals surface area contributed by atoms with E-state index in [4.69, 9.17) is 0 Å². The summed E-state index contributed by atoms with van der Waals surface area (Å²) in [6, 6.07) is 22.9. The number of sulfone groups is 1. The van der Waals surface area contributed by atoms with Crippen LogP contribution in [0.1, 0.15) is 49.7 Å². The number of likely N-dealkylation sites (N-methyl/N-ethyl adjacent to an activating group) is 1. The van der Waals surface area contributed by atoms with Crippen molar-refractivity contribution in [1.29, 1.82) is 0 Å². The maximum absolute atomic E-state index is 13.3. The molecule has 7 nitrogen and oxygen atoms in total. The number of fused-ring (bicyclic) bond motifs is 1. The molecule has 2 saturated heterocycles. The van der Waals surface area contributed by atoms with Gasteiger partial charge in [0, 0.05) is 55.4 Å². The molecule has 1 N–H and O–H groups in total. The lowest BCUT2D eigenvalue weighted by Crippen LogP contribution is -2.56. The van der Waals surface area contributed by atoms with Crippen LogP contribution in [-0.2, 0) is 26.6 Å². The van der Waals surface area contributed by atoms with E-state index < -0.39 is 9.84 Å². The maximum atomic E-state index is 13.3. The molecule has 3 aromatic carbocycles. The number of nitrogens with one attached hydrogen (secondary N) is 1. The van der Waals surface area contributed by atoms with Gasteiger partial charge in [-0.15, -0.1) is 0 Å². The molecule has 248 valence electrons. The van der Waals surface area contributed by atoms with Gasteiger partial charge in [-0.25, -0.2) is 8.42 Å². The van der Waals surface area contributed by atoms with Gasteiger partial charge >= 0.3 is 0 Å². The molecule has 0 bridgehead atoms. The number of benzene rings is 3. The number of hydrogen-bond acceptors (Lipinski definition) is 6. The second kappa shape index (κ2) is 13.2. The number of anilines is 2. The van der Waals surface area contributed by atoms with Crippen LogP contribution in [-0.4, -0.2) is 70.4 Å². The van der Waals surface area contributed by atoms with E-state index >= 15 is 0 Å². The first kappa shape index (κ1) is 32.1. The molecular formula is C39H48N4O3S. The van der Waals surface area contributed by atoms with Crippen molar-refractivity contribution in [2.24, 2.45) is 17.8 Å². The van der Waals surface area contributed by atoms with E-state index in [0.717, 1.165) is 49.8 Å². The summed E-state index contributed by atoms with van der Waals surface area (Å²) in [5.74, 6) is 1.80. The van der Waals surface area contributed by atoms with Crippen LogP contribution >= 0.6 is 0 Å². The molecular weight excluding hydrogens is 605 g/mol. The largest absolute Gasteiger partial charge is 0.371 e. The third-order valence-corrected chi connectivity index (χ3v) is 13.2. The van der Waals surface area contributed by atoms with Gasteiger partial charge in [0.15, 0.2) is 0 Å². The first-order valence-electron chi connectivity index (χ1n) is 17.4. The summed E-state index contributed by atoms with van der Waals surface area (Å²) in [6.07, 6.45) is 9.28. The predicted octanol–water partition coefficient (Wildman–Crippen LogP) is 6.37. The number of rotatable bonds is 9. The van der Waals surface area contributed by atoms with Crippen LogP contribution in [0.3, 0.4) is 0 Å². The molecule has 3 heterocycles. The van der Waals surface area contributed by atoms with Crippen molar-refractivity contribution in [1.82, 2.24) is 9.80 Å². The molecule has 1 saturated carbocycles. The number of amides is 1. The average molecular weight is 653 g/mol. The number of hydrogen-bond donors (Lipinski definition) is 1. The Morgan fingerprint density at radius 3 is 2.34 bits per heavy atom. The van der Waals surface area contributed by atoms with E-state index in [1.165, 1.54) is 64.2 Å². The zero-order valence-electron chi connectivity index (χ0n) is 27.6. The average Bonchev–Trinajstić information content (AvgIpc) is 3.62. The van der Waals surface area contributed by atoms with Crippen LogP contribution in [0.2, 0.25) is 0 Å². The Hall–Kier alpha value is -3.46. The third-order valence-electron chi connectivity index (χ3n) is 11.5. The van der Waals surface area contributed by atoms with E-state index in [1.807, 2.05) is 12.1 Å². The van der Waals surface area contributed by atoms with Crippen molar-refractivity contribution < 1.29 is 13.2 Å². The monoisotopic (exact) mass is 652 g/mol. The number of carbonyl (C=O) groups excluding carboxylic acids is 1. The zero-order valence-corrected chi connectivity index (χ0v) is 28.4. The summed E-state index contributed by atoms with van der Waals surface area (Å²) in [5, 5.41) is 2.63. The van der Waals surface area contributed by atoms with Gasteiger partial charge < -0.3 is 20.0 Å². The Kier molecular flexibility index (Phi) is 9.02. The minimum Gasteiger partial charge on any atom is -0.371 e. The van der Waals surface area contributed by atoms with E-state index in [9.17, 15) is 13.2 Å². The lowest BCUT2D eigenvalue weighted by molar-refractivity contribution is -0.111. The molecule has 0 spiro atoms. The molecule has 7 rings (SSSR count). The highest BCUT2D eigenvalue weighted by atomic mass is 32.2. The SMILES string of the molecule is C=CC(=O)Nc1cccc(S(=O)(=O)c2ccc(N3CC(CN4CCC([C@@]5(C6CCCC6)CN(C)Cc6ccccc65)CC4)C3)cc2)c1. The van der Waals surface area contributed by atoms with Crippen LogP contribution in [0.25, 0.3) is 0 Å². The number of piperidine rings is 1. The highest BCUT2D eigenvalue weighted by Crippen LogP contribution is 2.53. The van der Waals surface area contributed by atoms with Crippen molar-refractivity contribution in [3.63, 3.8) is 0 Å². The highest BCUT2D eigenvalue weighted by Gasteiger charge is 2.51. The molecule has 3 aromatic rings. The fraction of sp³-hybridized carbons (Fsp3) is 0.462. The van der Waals surface area contributed by atoms with Gasteiger partial charge in [-0.1, -0.05) is 49.8 Å². The van der Waals surface area contributed by atoms with Gasteiger partial charge in [0.25, 0.3) is 0 Å². The molecule has 1 amide bonds. The molecule has 0 unspecified atom stereocenters. The van der Waals surface area contributed by atoms with Crippen LogP contribution in [0.15, 0.2) is 95.2 Å². The van der Waals surface area contributed by atoms with Gasteiger partial charge in [-0.05, 0) is 117 Å². The molecule has 1 atom stereocenters. The van der Waals surface area contributed by atoms with Crippen molar-refractivity contribution in [3.8, 4) is 0 Å². The Labute approximate surface area is 280 Å². The molecule has 0 aromatic heterocycles. The number of nitrogens with zero attached hydrogens (tertiary/aromatic N) is 3. The summed E-state index contributed by atoms with van der Waals surface area (Å²) in [4.78, 5) is 19.7.